The number of aromatic nitrogens is 1. The minimum Gasteiger partial charge on any atom is -0.452 e. The van der Waals surface area contributed by atoms with Gasteiger partial charge in [0.1, 0.15) is 11.3 Å². The van der Waals surface area contributed by atoms with E-state index in [0.717, 1.165) is 22.8 Å². The van der Waals surface area contributed by atoms with Crippen molar-refractivity contribution in [3.8, 4) is 0 Å². The van der Waals surface area contributed by atoms with Crippen LogP contribution >= 0.6 is 11.8 Å². The van der Waals surface area contributed by atoms with E-state index in [0.29, 0.717) is 17.4 Å². The van der Waals surface area contributed by atoms with Crippen LogP contribution in [0.25, 0.3) is 11.1 Å². The van der Waals surface area contributed by atoms with E-state index < -0.39 is 12.1 Å². The molecule has 0 aliphatic rings. The molecule has 0 bridgehead atoms. The van der Waals surface area contributed by atoms with E-state index >= 15 is 0 Å². The van der Waals surface area contributed by atoms with Crippen LogP contribution in [-0.4, -0.2) is 35.3 Å². The summed E-state index contributed by atoms with van der Waals surface area (Å²) in [4.78, 5) is 28.5. The van der Waals surface area contributed by atoms with Gasteiger partial charge in [0, 0.05) is 6.54 Å². The van der Waals surface area contributed by atoms with Gasteiger partial charge in [-0.05, 0) is 30.5 Å². The highest BCUT2D eigenvalue weighted by atomic mass is 32.2. The number of thioether (sulfide) groups is 1. The number of fused-ring (bicyclic) bond motifs is 1. The molecule has 2 atom stereocenters. The van der Waals surface area contributed by atoms with E-state index in [1.807, 2.05) is 61.5 Å². The lowest BCUT2D eigenvalue weighted by Crippen LogP contribution is -2.37. The van der Waals surface area contributed by atoms with Crippen LogP contribution in [0.1, 0.15) is 25.3 Å². The van der Waals surface area contributed by atoms with Gasteiger partial charge < -0.3 is 14.5 Å². The Kier molecular flexibility index (Phi) is 6.71. The molecule has 0 radical (unpaired) electrons. The van der Waals surface area contributed by atoms with Gasteiger partial charge in [-0.1, -0.05) is 61.2 Å². The number of carbonyl (C=O) groups excluding carboxylic acids is 2. The van der Waals surface area contributed by atoms with Gasteiger partial charge in [-0.3, -0.25) is 9.59 Å². The summed E-state index contributed by atoms with van der Waals surface area (Å²) in [7, 11) is 0. The molecule has 0 saturated carbocycles. The number of amides is 1. The molecule has 3 rings (SSSR count). The normalized spacial score (nSPS) is 13.1. The molecule has 1 heterocycles. The molecule has 0 aliphatic carbocycles. The average molecular weight is 398 g/mol. The van der Waals surface area contributed by atoms with Crippen LogP contribution in [0.2, 0.25) is 0 Å². The van der Waals surface area contributed by atoms with Gasteiger partial charge in [0.15, 0.2) is 11.7 Å². The van der Waals surface area contributed by atoms with Crippen molar-refractivity contribution in [2.75, 3.05) is 12.3 Å². The van der Waals surface area contributed by atoms with E-state index in [1.165, 1.54) is 0 Å². The zero-order valence-corrected chi connectivity index (χ0v) is 16.6. The fourth-order valence-corrected chi connectivity index (χ4v) is 3.24. The van der Waals surface area contributed by atoms with Crippen molar-refractivity contribution in [3.63, 3.8) is 0 Å². The van der Waals surface area contributed by atoms with Gasteiger partial charge in [-0.2, -0.15) is 0 Å². The largest absolute Gasteiger partial charge is 0.452 e. The first-order valence-electron chi connectivity index (χ1n) is 9.03. The number of hydrogen-bond acceptors (Lipinski definition) is 6. The summed E-state index contributed by atoms with van der Waals surface area (Å²) in [6, 6.07) is 17.3. The number of hydrogen-bond donors (Lipinski definition) is 1. The predicted octanol–water partition coefficient (Wildman–Crippen LogP) is 3.77. The molecule has 7 heteroatoms. The fourth-order valence-electron chi connectivity index (χ4n) is 2.62. The number of esters is 1. The Labute approximate surface area is 167 Å². The second-order valence-electron chi connectivity index (χ2n) is 6.43. The van der Waals surface area contributed by atoms with Crippen LogP contribution in [-0.2, 0) is 14.3 Å². The topological polar surface area (TPSA) is 81.4 Å². The monoisotopic (exact) mass is 398 g/mol. The first kappa shape index (κ1) is 19.9. The smallest absolute Gasteiger partial charge is 0.317 e. The van der Waals surface area contributed by atoms with Crippen LogP contribution in [0.4, 0.5) is 0 Å². The Morgan fingerprint density at radius 3 is 2.57 bits per heavy atom. The highest BCUT2D eigenvalue weighted by Crippen LogP contribution is 2.23. The number of rotatable bonds is 8. The molecule has 0 aliphatic heterocycles. The lowest BCUT2D eigenvalue weighted by atomic mass is 10.0. The molecule has 1 aromatic heterocycles. The Balaban J connectivity index is 1.42. The molecule has 3 aromatic rings. The van der Waals surface area contributed by atoms with Gasteiger partial charge in [0.2, 0.25) is 0 Å². The van der Waals surface area contributed by atoms with Crippen LogP contribution < -0.4 is 5.32 Å². The molecule has 0 unspecified atom stereocenters. The number of nitrogens with zero attached hydrogens (tertiary/aromatic N) is 1. The maximum atomic E-state index is 12.2. The number of ether oxygens (including phenoxy) is 1. The molecular formula is C21H22N2O4S. The average Bonchev–Trinajstić information content (AvgIpc) is 3.14. The predicted molar refractivity (Wildman–Crippen MR) is 108 cm³/mol. The maximum Gasteiger partial charge on any atom is 0.317 e. The third-order valence-corrected chi connectivity index (χ3v) is 5.02. The summed E-state index contributed by atoms with van der Waals surface area (Å²) in [6.45, 7) is 4.07. The first-order valence-corrected chi connectivity index (χ1v) is 10.0. The maximum absolute atomic E-state index is 12.2. The lowest BCUT2D eigenvalue weighted by molar-refractivity contribution is -0.152. The second kappa shape index (κ2) is 9.41. The number of benzene rings is 2. The van der Waals surface area contributed by atoms with Gasteiger partial charge in [0.05, 0.1) is 0 Å². The van der Waals surface area contributed by atoms with E-state index in [9.17, 15) is 9.59 Å². The molecule has 1 amide bonds. The minimum absolute atomic E-state index is 0.0187. The standard InChI is InChI=1S/C21H22N2O4S/c1-14(16-8-4-3-5-9-16)12-22-20(25)15(2)26-19(24)13-28-21-23-17-10-6-7-11-18(17)27-21/h3-11,14-15H,12-13H2,1-2H3,(H,22,25)/t14-,15+/m0/s1. The zero-order chi connectivity index (χ0) is 19.9. The summed E-state index contributed by atoms with van der Waals surface area (Å²) in [5.74, 6) is -0.623. The van der Waals surface area contributed by atoms with E-state index in [-0.39, 0.29) is 17.6 Å². The molecule has 0 fully saturated rings. The molecule has 0 saturated heterocycles. The highest BCUT2D eigenvalue weighted by Gasteiger charge is 2.19. The summed E-state index contributed by atoms with van der Waals surface area (Å²) in [5, 5.41) is 3.22. The molecule has 6 nitrogen and oxygen atoms in total. The van der Waals surface area contributed by atoms with Crippen molar-refractivity contribution in [1.29, 1.82) is 0 Å². The Morgan fingerprint density at radius 2 is 1.82 bits per heavy atom. The summed E-state index contributed by atoms with van der Waals surface area (Å²) in [5.41, 5.74) is 2.54. The van der Waals surface area contributed by atoms with Gasteiger partial charge in [0.25, 0.3) is 11.1 Å². The van der Waals surface area contributed by atoms with Crippen LogP contribution in [0, 0.1) is 0 Å². The second-order valence-corrected chi connectivity index (χ2v) is 7.35. The molecule has 1 N–H and O–H groups in total. The van der Waals surface area contributed by atoms with Crippen molar-refractivity contribution in [1.82, 2.24) is 10.3 Å². The lowest BCUT2D eigenvalue weighted by Gasteiger charge is -2.16. The fraction of sp³-hybridized carbons (Fsp3) is 0.286. The van der Waals surface area contributed by atoms with Crippen LogP contribution in [0.5, 0.6) is 0 Å². The van der Waals surface area contributed by atoms with E-state index in [4.69, 9.17) is 9.15 Å². The van der Waals surface area contributed by atoms with Gasteiger partial charge in [-0.15, -0.1) is 0 Å². The summed E-state index contributed by atoms with van der Waals surface area (Å²) < 4.78 is 10.7. The zero-order valence-electron chi connectivity index (χ0n) is 15.8. The van der Waals surface area contributed by atoms with E-state index in [1.54, 1.807) is 6.92 Å². The van der Waals surface area contributed by atoms with Crippen molar-refractivity contribution in [2.45, 2.75) is 31.1 Å². The number of nitrogens with one attached hydrogen (secondary N) is 1. The van der Waals surface area contributed by atoms with E-state index in [2.05, 4.69) is 10.3 Å². The third-order valence-electron chi connectivity index (χ3n) is 4.22. The molecule has 146 valence electrons. The molecular weight excluding hydrogens is 376 g/mol. The van der Waals surface area contributed by atoms with Crippen molar-refractivity contribution in [2.24, 2.45) is 0 Å². The van der Waals surface area contributed by atoms with Gasteiger partial charge >= 0.3 is 5.97 Å². The van der Waals surface area contributed by atoms with Crippen molar-refractivity contribution >= 4 is 34.7 Å². The number of para-hydroxylation sites is 2. The number of carbonyl (C=O) groups is 2. The minimum atomic E-state index is -0.861. The van der Waals surface area contributed by atoms with Crippen molar-refractivity contribution in [3.05, 3.63) is 60.2 Å². The number of oxazole rings is 1. The third kappa shape index (κ3) is 5.36. The molecule has 0 spiro atoms. The Hall–Kier alpha value is -2.80. The SMILES string of the molecule is C[C@@H](OC(=O)CSc1nc2ccccc2o1)C(=O)NC[C@H](C)c1ccccc1. The Bertz CT molecular complexity index is 909. The summed E-state index contributed by atoms with van der Waals surface area (Å²) >= 11 is 1.14. The summed E-state index contributed by atoms with van der Waals surface area (Å²) in [6.07, 6.45) is -0.861. The van der Waals surface area contributed by atoms with Gasteiger partial charge in [-0.25, -0.2) is 4.98 Å². The molecule has 2 aromatic carbocycles. The first-order chi connectivity index (χ1) is 13.5. The quantitative estimate of drug-likeness (QED) is 0.459. The van der Waals surface area contributed by atoms with Crippen molar-refractivity contribution < 1.29 is 18.7 Å². The highest BCUT2D eigenvalue weighted by molar-refractivity contribution is 7.99. The molecule has 28 heavy (non-hydrogen) atoms. The Morgan fingerprint density at radius 1 is 1.11 bits per heavy atom. The van der Waals surface area contributed by atoms with Crippen LogP contribution in [0.15, 0.2) is 64.2 Å². The van der Waals surface area contributed by atoms with Crippen LogP contribution in [0.3, 0.4) is 0 Å².